The normalized spacial score (nSPS) is 15.8. The van der Waals surface area contributed by atoms with Crippen LogP contribution in [0.4, 0.5) is 4.39 Å². The highest BCUT2D eigenvalue weighted by Crippen LogP contribution is 2.39. The lowest BCUT2D eigenvalue weighted by molar-refractivity contribution is -0.0657. The second-order valence-electron chi connectivity index (χ2n) is 7.33. The molecule has 0 radical (unpaired) electrons. The molecule has 0 fully saturated rings. The van der Waals surface area contributed by atoms with Crippen LogP contribution in [0.1, 0.15) is 19.5 Å². The van der Waals surface area contributed by atoms with Crippen LogP contribution in [0.25, 0.3) is 33.5 Å². The van der Waals surface area contributed by atoms with Crippen molar-refractivity contribution in [3.05, 3.63) is 54.4 Å². The quantitative estimate of drug-likeness (QED) is 0.586. The fourth-order valence-corrected chi connectivity index (χ4v) is 3.59. The Kier molecular flexibility index (Phi) is 3.42. The van der Waals surface area contributed by atoms with Crippen LogP contribution in [-0.2, 0) is 17.9 Å². The van der Waals surface area contributed by atoms with Gasteiger partial charge in [0.05, 0.1) is 47.4 Å². The van der Waals surface area contributed by atoms with Gasteiger partial charge in [0.15, 0.2) is 0 Å². The molecule has 0 saturated carbocycles. The Morgan fingerprint density at radius 3 is 2.89 bits per heavy atom. The first-order valence-corrected chi connectivity index (χ1v) is 8.80. The predicted molar refractivity (Wildman–Crippen MR) is 99.4 cm³/mol. The molecule has 5 rings (SSSR count). The Balaban J connectivity index is 1.79. The summed E-state index contributed by atoms with van der Waals surface area (Å²) in [6, 6.07) is 6.96. The van der Waals surface area contributed by atoms with E-state index in [1.54, 1.807) is 12.3 Å². The van der Waals surface area contributed by atoms with Gasteiger partial charge in [0.2, 0.25) is 0 Å². The minimum absolute atomic E-state index is 0.302. The Labute approximate surface area is 155 Å². The van der Waals surface area contributed by atoms with Gasteiger partial charge in [0, 0.05) is 23.5 Å². The molecule has 0 unspecified atom stereocenters. The molecule has 4 aromatic heterocycles. The summed E-state index contributed by atoms with van der Waals surface area (Å²) in [5.74, 6) is -0.371. The maximum atomic E-state index is 13.4. The molecule has 0 amide bonds. The van der Waals surface area contributed by atoms with Gasteiger partial charge in [-0.25, -0.2) is 4.39 Å². The number of fused-ring (bicyclic) bond motifs is 2. The Morgan fingerprint density at radius 2 is 2.07 bits per heavy atom. The second-order valence-corrected chi connectivity index (χ2v) is 7.33. The predicted octanol–water partition coefficient (Wildman–Crippen LogP) is 3.94. The average Bonchev–Trinajstić information content (AvgIpc) is 3.25. The van der Waals surface area contributed by atoms with Gasteiger partial charge in [-0.15, -0.1) is 0 Å². The van der Waals surface area contributed by atoms with Crippen molar-refractivity contribution < 1.29 is 9.13 Å². The summed E-state index contributed by atoms with van der Waals surface area (Å²) >= 11 is 0. The second kappa shape index (κ2) is 5.72. The number of pyridine rings is 2. The first-order valence-electron chi connectivity index (χ1n) is 8.80. The summed E-state index contributed by atoms with van der Waals surface area (Å²) in [6.45, 7) is 5.17. The van der Waals surface area contributed by atoms with E-state index in [1.807, 2.05) is 36.9 Å². The standard InChI is InChI=1S/C20H18FN5O/c1-20(2)11-26-16(10-27-20)17(13-5-7-22-15-6-8-23-18(13)15)19(25-26)14-4-3-12(21)9-24-14/h3-9,23H,10-11H2,1-2H3. The molecule has 136 valence electrons. The zero-order valence-corrected chi connectivity index (χ0v) is 15.0. The topological polar surface area (TPSA) is 68.6 Å². The highest BCUT2D eigenvalue weighted by molar-refractivity contribution is 5.96. The van der Waals surface area contributed by atoms with Crippen molar-refractivity contribution in [1.82, 2.24) is 24.7 Å². The first-order chi connectivity index (χ1) is 13.0. The van der Waals surface area contributed by atoms with E-state index >= 15 is 0 Å². The first kappa shape index (κ1) is 16.1. The van der Waals surface area contributed by atoms with Gasteiger partial charge >= 0.3 is 0 Å². The van der Waals surface area contributed by atoms with Crippen LogP contribution in [-0.4, -0.2) is 30.3 Å². The summed E-state index contributed by atoms with van der Waals surface area (Å²) < 4.78 is 21.4. The molecule has 4 aromatic rings. The molecule has 27 heavy (non-hydrogen) atoms. The van der Waals surface area contributed by atoms with E-state index in [0.29, 0.717) is 24.5 Å². The number of aromatic amines is 1. The SMILES string of the molecule is CC1(C)Cn2nc(-c3ccc(F)cn3)c(-c3ccnc4cc[nH]c34)c2CO1. The van der Waals surface area contributed by atoms with Crippen LogP contribution in [0.3, 0.4) is 0 Å². The number of hydrogen-bond donors (Lipinski definition) is 1. The van der Waals surface area contributed by atoms with Gasteiger partial charge in [-0.2, -0.15) is 5.10 Å². The lowest BCUT2D eigenvalue weighted by Crippen LogP contribution is -2.36. The zero-order valence-electron chi connectivity index (χ0n) is 15.0. The van der Waals surface area contributed by atoms with Crippen molar-refractivity contribution in [2.24, 2.45) is 0 Å². The summed E-state index contributed by atoms with van der Waals surface area (Å²) in [5.41, 5.74) is 5.76. The number of aromatic nitrogens is 5. The number of nitrogens with zero attached hydrogens (tertiary/aromatic N) is 4. The third-order valence-corrected chi connectivity index (χ3v) is 4.88. The van der Waals surface area contributed by atoms with E-state index in [-0.39, 0.29) is 11.4 Å². The number of ether oxygens (including phenoxy) is 1. The van der Waals surface area contributed by atoms with Crippen LogP contribution in [0.15, 0.2) is 42.9 Å². The summed E-state index contributed by atoms with van der Waals surface area (Å²) in [7, 11) is 0. The largest absolute Gasteiger partial charge is 0.367 e. The monoisotopic (exact) mass is 363 g/mol. The van der Waals surface area contributed by atoms with Crippen LogP contribution in [0.2, 0.25) is 0 Å². The van der Waals surface area contributed by atoms with Crippen LogP contribution >= 0.6 is 0 Å². The van der Waals surface area contributed by atoms with Crippen LogP contribution < -0.4 is 0 Å². The number of halogens is 1. The Morgan fingerprint density at radius 1 is 1.19 bits per heavy atom. The Hall–Kier alpha value is -3.06. The Bertz CT molecular complexity index is 1140. The summed E-state index contributed by atoms with van der Waals surface area (Å²) in [6.07, 6.45) is 4.87. The average molecular weight is 363 g/mol. The van der Waals surface area contributed by atoms with Crippen molar-refractivity contribution in [3.63, 3.8) is 0 Å². The van der Waals surface area contributed by atoms with E-state index < -0.39 is 0 Å². The van der Waals surface area contributed by atoms with E-state index in [9.17, 15) is 4.39 Å². The van der Waals surface area contributed by atoms with Crippen molar-refractivity contribution in [2.75, 3.05) is 0 Å². The number of rotatable bonds is 2. The number of nitrogens with one attached hydrogen (secondary N) is 1. The molecule has 0 aromatic carbocycles. The minimum Gasteiger partial charge on any atom is -0.367 e. The summed E-state index contributed by atoms with van der Waals surface area (Å²) in [5, 5.41) is 4.83. The van der Waals surface area contributed by atoms with Crippen molar-refractivity contribution in [3.8, 4) is 22.5 Å². The molecule has 0 aliphatic carbocycles. The smallest absolute Gasteiger partial charge is 0.141 e. The molecule has 6 nitrogen and oxygen atoms in total. The van der Waals surface area contributed by atoms with E-state index in [0.717, 1.165) is 27.9 Å². The van der Waals surface area contributed by atoms with Crippen LogP contribution in [0.5, 0.6) is 0 Å². The van der Waals surface area contributed by atoms with E-state index in [1.165, 1.54) is 12.3 Å². The summed E-state index contributed by atoms with van der Waals surface area (Å²) in [4.78, 5) is 11.9. The zero-order chi connectivity index (χ0) is 18.6. The molecule has 1 N–H and O–H groups in total. The molecule has 0 bridgehead atoms. The highest BCUT2D eigenvalue weighted by atomic mass is 19.1. The lowest BCUT2D eigenvalue weighted by Gasteiger charge is -2.31. The molecular formula is C20H18FN5O. The maximum absolute atomic E-state index is 13.4. The van der Waals surface area contributed by atoms with Gasteiger partial charge in [-0.05, 0) is 38.1 Å². The molecule has 5 heterocycles. The molecule has 0 atom stereocenters. The molecule has 1 aliphatic heterocycles. The molecule has 0 saturated heterocycles. The molecule has 1 aliphatic rings. The number of hydrogen-bond acceptors (Lipinski definition) is 4. The van der Waals surface area contributed by atoms with Gasteiger partial charge in [-0.1, -0.05) is 0 Å². The van der Waals surface area contributed by atoms with E-state index in [4.69, 9.17) is 9.84 Å². The lowest BCUT2D eigenvalue weighted by atomic mass is 9.99. The molecular weight excluding hydrogens is 345 g/mol. The highest BCUT2D eigenvalue weighted by Gasteiger charge is 2.32. The van der Waals surface area contributed by atoms with Gasteiger partial charge < -0.3 is 9.72 Å². The minimum atomic E-state index is -0.371. The van der Waals surface area contributed by atoms with E-state index in [2.05, 4.69) is 15.0 Å². The van der Waals surface area contributed by atoms with Crippen molar-refractivity contribution in [1.29, 1.82) is 0 Å². The molecule has 7 heteroatoms. The van der Waals surface area contributed by atoms with Gasteiger partial charge in [0.25, 0.3) is 0 Å². The maximum Gasteiger partial charge on any atom is 0.141 e. The van der Waals surface area contributed by atoms with Crippen LogP contribution in [0, 0.1) is 5.82 Å². The van der Waals surface area contributed by atoms with Gasteiger partial charge in [0.1, 0.15) is 11.5 Å². The molecule has 0 spiro atoms. The number of H-pyrrole nitrogens is 1. The van der Waals surface area contributed by atoms with Crippen molar-refractivity contribution >= 4 is 11.0 Å². The third-order valence-electron chi connectivity index (χ3n) is 4.88. The van der Waals surface area contributed by atoms with Gasteiger partial charge in [-0.3, -0.25) is 14.6 Å². The van der Waals surface area contributed by atoms with Crippen molar-refractivity contribution in [2.45, 2.75) is 32.6 Å². The fraction of sp³-hybridized carbons (Fsp3) is 0.250. The third kappa shape index (κ3) is 2.62. The fourth-order valence-electron chi connectivity index (χ4n) is 3.59.